The summed E-state index contributed by atoms with van der Waals surface area (Å²) in [5, 5.41) is 7.44. The second-order valence-corrected chi connectivity index (χ2v) is 6.01. The quantitative estimate of drug-likeness (QED) is 0.559. The summed E-state index contributed by atoms with van der Waals surface area (Å²) in [6.45, 7) is 6.79. The summed E-state index contributed by atoms with van der Waals surface area (Å²) < 4.78 is 5.93. The number of oxime groups is 1. The van der Waals surface area contributed by atoms with Gasteiger partial charge in [-0.3, -0.25) is 4.79 Å². The van der Waals surface area contributed by atoms with E-state index in [1.54, 1.807) is 6.07 Å². The van der Waals surface area contributed by atoms with Crippen molar-refractivity contribution >= 4 is 23.2 Å². The molecule has 1 amide bonds. The smallest absolute Gasteiger partial charge is 0.273 e. The Balaban J connectivity index is 2.28. The van der Waals surface area contributed by atoms with Gasteiger partial charge in [-0.25, -0.2) is 0 Å². The molecule has 0 unspecified atom stereocenters. The number of benzene rings is 2. The second kappa shape index (κ2) is 9.82. The lowest BCUT2D eigenvalue weighted by Crippen LogP contribution is -2.32. The van der Waals surface area contributed by atoms with Crippen molar-refractivity contribution in [2.45, 2.75) is 27.4 Å². The molecular weight excluding hydrogens is 352 g/mol. The average Bonchev–Trinajstić information content (AvgIpc) is 2.62. The minimum absolute atomic E-state index is 0.237. The number of nitrogens with zero attached hydrogens (tertiary/aromatic N) is 1. The molecule has 5 nitrogen and oxygen atoms in total. The zero-order valence-electron chi connectivity index (χ0n) is 15.2. The Bertz CT molecular complexity index is 790. The Hall–Kier alpha value is -2.53. The van der Waals surface area contributed by atoms with E-state index in [1.807, 2.05) is 57.2 Å². The van der Waals surface area contributed by atoms with Crippen LogP contribution in [0.2, 0.25) is 5.02 Å². The molecule has 2 rings (SSSR count). The Labute approximate surface area is 158 Å². The molecule has 0 bridgehead atoms. The van der Waals surface area contributed by atoms with Crippen LogP contribution in [0.5, 0.6) is 5.75 Å². The molecule has 0 fully saturated rings. The molecule has 0 aliphatic carbocycles. The molecule has 1 N–H and O–H groups in total. The number of ether oxygens (including phenoxy) is 1. The first-order chi connectivity index (χ1) is 12.6. The Morgan fingerprint density at radius 1 is 1.19 bits per heavy atom. The lowest BCUT2D eigenvalue weighted by Gasteiger charge is -2.14. The van der Waals surface area contributed by atoms with Crippen LogP contribution in [-0.4, -0.2) is 24.8 Å². The molecule has 0 saturated heterocycles. The third-order valence-corrected chi connectivity index (χ3v) is 3.87. The standard InChI is InChI=1S/C20H23ClN2O3/c1-4-22-20(24)19(23-26-5-2)17-9-7-6-8-15(17)13-25-18-11-10-16(21)12-14(18)3/h6-12H,4-5,13H2,1-3H3,(H,22,24). The van der Waals surface area contributed by atoms with Crippen molar-refractivity contribution in [2.75, 3.05) is 13.2 Å². The molecule has 0 aliphatic heterocycles. The molecule has 0 saturated carbocycles. The number of rotatable bonds is 8. The fourth-order valence-corrected chi connectivity index (χ4v) is 2.62. The van der Waals surface area contributed by atoms with E-state index in [2.05, 4.69) is 10.5 Å². The molecular formula is C20H23ClN2O3. The van der Waals surface area contributed by atoms with E-state index in [9.17, 15) is 4.79 Å². The number of likely N-dealkylation sites (N-methyl/N-ethyl adjacent to an activating group) is 1. The maximum absolute atomic E-state index is 12.4. The lowest BCUT2D eigenvalue weighted by molar-refractivity contribution is -0.114. The monoisotopic (exact) mass is 374 g/mol. The first-order valence-electron chi connectivity index (χ1n) is 8.52. The summed E-state index contributed by atoms with van der Waals surface area (Å²) >= 11 is 5.98. The number of halogens is 1. The van der Waals surface area contributed by atoms with Crippen molar-refractivity contribution in [3.8, 4) is 5.75 Å². The maximum Gasteiger partial charge on any atom is 0.273 e. The highest BCUT2D eigenvalue weighted by atomic mass is 35.5. The van der Waals surface area contributed by atoms with Gasteiger partial charge in [0.05, 0.1) is 0 Å². The van der Waals surface area contributed by atoms with Gasteiger partial charge in [0.15, 0.2) is 5.71 Å². The van der Waals surface area contributed by atoms with Crippen molar-refractivity contribution in [1.82, 2.24) is 5.32 Å². The van der Waals surface area contributed by atoms with Crippen LogP contribution in [0.4, 0.5) is 0 Å². The summed E-state index contributed by atoms with van der Waals surface area (Å²) in [7, 11) is 0. The first-order valence-corrected chi connectivity index (χ1v) is 8.90. The van der Waals surface area contributed by atoms with Gasteiger partial charge in [0, 0.05) is 17.1 Å². The lowest BCUT2D eigenvalue weighted by atomic mass is 10.0. The average molecular weight is 375 g/mol. The highest BCUT2D eigenvalue weighted by Crippen LogP contribution is 2.23. The molecule has 2 aromatic carbocycles. The van der Waals surface area contributed by atoms with Crippen LogP contribution >= 0.6 is 11.6 Å². The third kappa shape index (κ3) is 5.23. The van der Waals surface area contributed by atoms with Gasteiger partial charge in [-0.1, -0.05) is 41.0 Å². The fraction of sp³-hybridized carbons (Fsp3) is 0.300. The molecule has 0 spiro atoms. The van der Waals surface area contributed by atoms with E-state index in [0.29, 0.717) is 30.3 Å². The zero-order chi connectivity index (χ0) is 18.9. The van der Waals surface area contributed by atoms with Crippen LogP contribution in [0.25, 0.3) is 0 Å². The van der Waals surface area contributed by atoms with Gasteiger partial charge in [0.2, 0.25) is 0 Å². The van der Waals surface area contributed by atoms with E-state index in [1.165, 1.54) is 0 Å². The first kappa shape index (κ1) is 19.8. The molecule has 0 aliphatic rings. The normalized spacial score (nSPS) is 11.2. The largest absolute Gasteiger partial charge is 0.489 e. The van der Waals surface area contributed by atoms with Gasteiger partial charge in [-0.2, -0.15) is 0 Å². The number of hydrogen-bond donors (Lipinski definition) is 1. The van der Waals surface area contributed by atoms with E-state index < -0.39 is 0 Å². The van der Waals surface area contributed by atoms with Crippen LogP contribution in [0.1, 0.15) is 30.5 Å². The maximum atomic E-state index is 12.4. The summed E-state index contributed by atoms with van der Waals surface area (Å²) in [6, 6.07) is 13.0. The number of carbonyl (C=O) groups excluding carboxylic acids is 1. The van der Waals surface area contributed by atoms with Gasteiger partial charge in [-0.15, -0.1) is 0 Å². The van der Waals surface area contributed by atoms with Crippen LogP contribution in [0, 0.1) is 6.92 Å². The number of carbonyl (C=O) groups is 1. The van der Waals surface area contributed by atoms with Gasteiger partial charge in [-0.05, 0) is 50.1 Å². The van der Waals surface area contributed by atoms with E-state index >= 15 is 0 Å². The van der Waals surface area contributed by atoms with Crippen LogP contribution in [0.15, 0.2) is 47.6 Å². The van der Waals surface area contributed by atoms with Crippen LogP contribution in [-0.2, 0) is 16.2 Å². The minimum Gasteiger partial charge on any atom is -0.489 e. The highest BCUT2D eigenvalue weighted by molar-refractivity contribution is 6.45. The van der Waals surface area contributed by atoms with Crippen molar-refractivity contribution in [1.29, 1.82) is 0 Å². The van der Waals surface area contributed by atoms with Gasteiger partial charge >= 0.3 is 0 Å². The van der Waals surface area contributed by atoms with E-state index in [0.717, 1.165) is 16.9 Å². The van der Waals surface area contributed by atoms with Crippen LogP contribution in [0.3, 0.4) is 0 Å². The Morgan fingerprint density at radius 3 is 2.65 bits per heavy atom. The predicted octanol–water partition coefficient (Wildman–Crippen LogP) is 4.10. The SMILES string of the molecule is CCNC(=O)C(=NOCC)c1ccccc1COc1ccc(Cl)cc1C. The highest BCUT2D eigenvalue weighted by Gasteiger charge is 2.18. The second-order valence-electron chi connectivity index (χ2n) is 5.57. The molecule has 26 heavy (non-hydrogen) atoms. The molecule has 0 aromatic heterocycles. The molecule has 0 heterocycles. The fourth-order valence-electron chi connectivity index (χ4n) is 2.39. The van der Waals surface area contributed by atoms with Crippen molar-refractivity contribution in [3.63, 3.8) is 0 Å². The van der Waals surface area contributed by atoms with E-state index in [-0.39, 0.29) is 11.6 Å². The van der Waals surface area contributed by atoms with Gasteiger partial charge in [0.25, 0.3) is 5.91 Å². The molecule has 6 heteroatoms. The van der Waals surface area contributed by atoms with Crippen molar-refractivity contribution < 1.29 is 14.4 Å². The number of amides is 1. The van der Waals surface area contributed by atoms with Gasteiger partial charge < -0.3 is 14.9 Å². The van der Waals surface area contributed by atoms with Crippen molar-refractivity contribution in [2.24, 2.45) is 5.16 Å². The van der Waals surface area contributed by atoms with Crippen LogP contribution < -0.4 is 10.1 Å². The zero-order valence-corrected chi connectivity index (χ0v) is 16.0. The Kier molecular flexibility index (Phi) is 7.48. The number of aryl methyl sites for hydroxylation is 1. The summed E-state index contributed by atoms with van der Waals surface area (Å²) in [4.78, 5) is 17.5. The molecule has 0 radical (unpaired) electrons. The van der Waals surface area contributed by atoms with E-state index in [4.69, 9.17) is 21.2 Å². The predicted molar refractivity (Wildman–Crippen MR) is 104 cm³/mol. The Morgan fingerprint density at radius 2 is 1.96 bits per heavy atom. The minimum atomic E-state index is -0.281. The number of nitrogens with one attached hydrogen (secondary N) is 1. The molecule has 138 valence electrons. The summed E-state index contributed by atoms with van der Waals surface area (Å²) in [6.07, 6.45) is 0. The van der Waals surface area contributed by atoms with Crippen molar-refractivity contribution in [3.05, 3.63) is 64.2 Å². The third-order valence-electron chi connectivity index (χ3n) is 3.63. The molecule has 2 aromatic rings. The number of hydrogen-bond acceptors (Lipinski definition) is 4. The molecule has 0 atom stereocenters. The summed E-state index contributed by atoms with van der Waals surface area (Å²) in [5.74, 6) is 0.460. The summed E-state index contributed by atoms with van der Waals surface area (Å²) in [5.41, 5.74) is 2.70. The topological polar surface area (TPSA) is 59.9 Å². The van der Waals surface area contributed by atoms with Gasteiger partial charge in [0.1, 0.15) is 19.0 Å².